The predicted molar refractivity (Wildman–Crippen MR) is 52.3 cm³/mol. The summed E-state index contributed by atoms with van der Waals surface area (Å²) in [4.78, 5) is 15.9. The molecule has 1 aliphatic heterocycles. The monoisotopic (exact) mass is 173 g/mol. The van der Waals surface area contributed by atoms with Gasteiger partial charge in [0.1, 0.15) is 0 Å². The van der Waals surface area contributed by atoms with Crippen molar-refractivity contribution in [1.82, 2.24) is 0 Å². The van der Waals surface area contributed by atoms with E-state index in [1.807, 2.05) is 31.2 Å². The van der Waals surface area contributed by atoms with Crippen LogP contribution in [0, 0.1) is 0 Å². The van der Waals surface area contributed by atoms with Crippen molar-refractivity contribution >= 4 is 11.5 Å². The zero-order chi connectivity index (χ0) is 9.42. The van der Waals surface area contributed by atoms with Gasteiger partial charge in [-0.25, -0.2) is 0 Å². The van der Waals surface area contributed by atoms with Gasteiger partial charge in [-0.1, -0.05) is 24.3 Å². The van der Waals surface area contributed by atoms with Crippen LogP contribution in [0.3, 0.4) is 0 Å². The normalized spacial score (nSPS) is 20.9. The SMILES string of the molecule is CC1=NC(C)c2ccccc2C1=O. The maximum atomic E-state index is 11.6. The summed E-state index contributed by atoms with van der Waals surface area (Å²) in [6.07, 6.45) is 0. The third-order valence-electron chi connectivity index (χ3n) is 2.37. The van der Waals surface area contributed by atoms with E-state index in [0.29, 0.717) is 5.71 Å². The Kier molecular flexibility index (Phi) is 1.76. The molecule has 1 atom stereocenters. The first-order valence-electron chi connectivity index (χ1n) is 4.38. The Hall–Kier alpha value is -1.44. The van der Waals surface area contributed by atoms with Crippen LogP contribution in [-0.2, 0) is 0 Å². The Morgan fingerprint density at radius 1 is 1.31 bits per heavy atom. The number of rotatable bonds is 0. The third-order valence-corrected chi connectivity index (χ3v) is 2.37. The minimum atomic E-state index is 0.0636. The fraction of sp³-hybridized carbons (Fsp3) is 0.273. The van der Waals surface area contributed by atoms with Crippen LogP contribution in [0.1, 0.15) is 35.8 Å². The molecule has 1 aliphatic rings. The highest BCUT2D eigenvalue weighted by Gasteiger charge is 2.22. The summed E-state index contributed by atoms with van der Waals surface area (Å²) in [5, 5.41) is 0. The first-order chi connectivity index (χ1) is 6.20. The van der Waals surface area contributed by atoms with Crippen molar-refractivity contribution in [2.24, 2.45) is 4.99 Å². The Morgan fingerprint density at radius 2 is 2.00 bits per heavy atom. The second kappa shape index (κ2) is 2.80. The van der Waals surface area contributed by atoms with E-state index in [1.54, 1.807) is 6.92 Å². The Balaban J connectivity index is 2.62. The largest absolute Gasteiger partial charge is 0.287 e. The molecule has 0 fully saturated rings. The summed E-state index contributed by atoms with van der Waals surface area (Å²) in [5.74, 6) is 0.0636. The van der Waals surface area contributed by atoms with Gasteiger partial charge in [-0.2, -0.15) is 0 Å². The van der Waals surface area contributed by atoms with Crippen LogP contribution in [0.5, 0.6) is 0 Å². The third kappa shape index (κ3) is 1.18. The van der Waals surface area contributed by atoms with Gasteiger partial charge in [0.25, 0.3) is 0 Å². The van der Waals surface area contributed by atoms with Crippen molar-refractivity contribution in [3.63, 3.8) is 0 Å². The van der Waals surface area contributed by atoms with E-state index in [2.05, 4.69) is 4.99 Å². The van der Waals surface area contributed by atoms with Crippen molar-refractivity contribution in [2.75, 3.05) is 0 Å². The molecule has 0 aromatic heterocycles. The number of nitrogens with zero attached hydrogens (tertiary/aromatic N) is 1. The standard InChI is InChI=1S/C11H11NO/c1-7-9-5-3-4-6-10(9)11(13)8(2)12-7/h3-7H,1-2H3. The van der Waals surface area contributed by atoms with Gasteiger partial charge in [-0.3, -0.25) is 9.79 Å². The van der Waals surface area contributed by atoms with Gasteiger partial charge in [0.05, 0.1) is 11.8 Å². The highest BCUT2D eigenvalue weighted by atomic mass is 16.1. The number of benzene rings is 1. The van der Waals surface area contributed by atoms with Crippen molar-refractivity contribution in [3.05, 3.63) is 35.4 Å². The molecule has 0 radical (unpaired) electrons. The smallest absolute Gasteiger partial charge is 0.206 e. The van der Waals surface area contributed by atoms with E-state index in [9.17, 15) is 4.79 Å². The summed E-state index contributed by atoms with van der Waals surface area (Å²) >= 11 is 0. The number of aliphatic imine (C=N–C) groups is 1. The Morgan fingerprint density at radius 3 is 2.77 bits per heavy atom. The number of hydrogen-bond donors (Lipinski definition) is 0. The molecule has 1 heterocycles. The predicted octanol–water partition coefficient (Wildman–Crippen LogP) is 2.40. The second-order valence-corrected chi connectivity index (χ2v) is 3.31. The molecular formula is C11H11NO. The van der Waals surface area contributed by atoms with Gasteiger partial charge in [0, 0.05) is 5.56 Å². The fourth-order valence-electron chi connectivity index (χ4n) is 1.68. The molecule has 1 unspecified atom stereocenters. The van der Waals surface area contributed by atoms with Gasteiger partial charge < -0.3 is 0 Å². The lowest BCUT2D eigenvalue weighted by Crippen LogP contribution is -2.19. The molecule has 0 amide bonds. The summed E-state index contributed by atoms with van der Waals surface area (Å²) in [6, 6.07) is 7.79. The summed E-state index contributed by atoms with van der Waals surface area (Å²) in [7, 11) is 0. The van der Waals surface area contributed by atoms with Crippen LogP contribution >= 0.6 is 0 Å². The maximum Gasteiger partial charge on any atom is 0.206 e. The molecule has 2 rings (SSSR count). The van der Waals surface area contributed by atoms with Crippen molar-refractivity contribution in [2.45, 2.75) is 19.9 Å². The minimum absolute atomic E-state index is 0.0636. The van der Waals surface area contributed by atoms with Crippen molar-refractivity contribution in [1.29, 1.82) is 0 Å². The molecule has 0 bridgehead atoms. The van der Waals surface area contributed by atoms with E-state index in [4.69, 9.17) is 0 Å². The average molecular weight is 173 g/mol. The maximum absolute atomic E-state index is 11.6. The second-order valence-electron chi connectivity index (χ2n) is 3.31. The lowest BCUT2D eigenvalue weighted by molar-refractivity contribution is 0.106. The van der Waals surface area contributed by atoms with Crippen LogP contribution < -0.4 is 0 Å². The zero-order valence-electron chi connectivity index (χ0n) is 7.74. The summed E-state index contributed by atoms with van der Waals surface area (Å²) < 4.78 is 0. The quantitative estimate of drug-likeness (QED) is 0.592. The number of fused-ring (bicyclic) bond motifs is 1. The first kappa shape index (κ1) is 8.17. The molecule has 0 spiro atoms. The van der Waals surface area contributed by atoms with Crippen LogP contribution in [0.4, 0.5) is 0 Å². The number of ketones is 1. The van der Waals surface area contributed by atoms with Crippen LogP contribution in [0.2, 0.25) is 0 Å². The van der Waals surface area contributed by atoms with Crippen LogP contribution in [-0.4, -0.2) is 11.5 Å². The minimum Gasteiger partial charge on any atom is -0.287 e. The van der Waals surface area contributed by atoms with Crippen molar-refractivity contribution < 1.29 is 4.79 Å². The van der Waals surface area contributed by atoms with Gasteiger partial charge in [0.2, 0.25) is 5.78 Å². The molecule has 0 saturated heterocycles. The lowest BCUT2D eigenvalue weighted by Gasteiger charge is -2.17. The number of carbonyl (C=O) groups excluding carboxylic acids is 1. The van der Waals surface area contributed by atoms with Gasteiger partial charge in [-0.15, -0.1) is 0 Å². The molecule has 66 valence electrons. The molecule has 1 aromatic carbocycles. The summed E-state index contributed by atoms with van der Waals surface area (Å²) in [6.45, 7) is 3.78. The van der Waals surface area contributed by atoms with E-state index in [0.717, 1.165) is 11.1 Å². The molecule has 0 N–H and O–H groups in total. The number of carbonyl (C=O) groups is 1. The molecule has 13 heavy (non-hydrogen) atoms. The molecule has 2 nitrogen and oxygen atoms in total. The Labute approximate surface area is 77.3 Å². The van der Waals surface area contributed by atoms with E-state index >= 15 is 0 Å². The fourth-order valence-corrected chi connectivity index (χ4v) is 1.68. The highest BCUT2D eigenvalue weighted by molar-refractivity contribution is 6.46. The van der Waals surface area contributed by atoms with E-state index in [1.165, 1.54) is 0 Å². The lowest BCUT2D eigenvalue weighted by atomic mass is 9.94. The Bertz CT molecular complexity index is 393. The van der Waals surface area contributed by atoms with Gasteiger partial charge in [0.15, 0.2) is 0 Å². The summed E-state index contributed by atoms with van der Waals surface area (Å²) in [5.41, 5.74) is 2.46. The molecule has 0 aliphatic carbocycles. The number of hydrogen-bond acceptors (Lipinski definition) is 2. The topological polar surface area (TPSA) is 29.4 Å². The van der Waals surface area contributed by atoms with E-state index in [-0.39, 0.29) is 11.8 Å². The molecular weight excluding hydrogens is 162 g/mol. The van der Waals surface area contributed by atoms with Crippen LogP contribution in [0.15, 0.2) is 29.3 Å². The van der Waals surface area contributed by atoms with E-state index < -0.39 is 0 Å². The molecule has 1 aromatic rings. The van der Waals surface area contributed by atoms with Crippen molar-refractivity contribution in [3.8, 4) is 0 Å². The first-order valence-corrected chi connectivity index (χ1v) is 4.38. The van der Waals surface area contributed by atoms with Gasteiger partial charge >= 0.3 is 0 Å². The van der Waals surface area contributed by atoms with Crippen LogP contribution in [0.25, 0.3) is 0 Å². The zero-order valence-corrected chi connectivity index (χ0v) is 7.74. The average Bonchev–Trinajstić information content (AvgIpc) is 2.15. The molecule has 0 saturated carbocycles. The highest BCUT2D eigenvalue weighted by Crippen LogP contribution is 2.26. The van der Waals surface area contributed by atoms with Gasteiger partial charge in [-0.05, 0) is 19.4 Å². The number of Topliss-reactive ketones (excluding diaryl/α,β-unsaturated/α-hetero) is 1. The molecule has 2 heteroatoms.